The monoisotopic (exact) mass is 426 g/mol. The second-order valence-electron chi connectivity index (χ2n) is 6.62. The third-order valence-corrected chi connectivity index (χ3v) is 4.57. The van der Waals surface area contributed by atoms with Crippen LogP contribution in [0.5, 0.6) is 11.5 Å². The van der Waals surface area contributed by atoms with Gasteiger partial charge in [-0.3, -0.25) is 4.68 Å². The van der Waals surface area contributed by atoms with Crippen molar-refractivity contribution in [3.8, 4) is 22.8 Å². The Morgan fingerprint density at radius 3 is 2.39 bits per heavy atom. The van der Waals surface area contributed by atoms with Gasteiger partial charge in [-0.25, -0.2) is 18.7 Å². The summed E-state index contributed by atoms with van der Waals surface area (Å²) in [5.41, 5.74) is 6.47. The van der Waals surface area contributed by atoms with Crippen LogP contribution in [-0.4, -0.2) is 39.0 Å². The highest BCUT2D eigenvalue weighted by molar-refractivity contribution is 5.92. The molecule has 0 aliphatic rings. The molecule has 0 radical (unpaired) electrons. The largest absolute Gasteiger partial charge is 0.494 e. The summed E-state index contributed by atoms with van der Waals surface area (Å²) in [4.78, 5) is 12.5. The van der Waals surface area contributed by atoms with Crippen molar-refractivity contribution < 1.29 is 18.3 Å². The minimum atomic E-state index is -0.915. The Bertz CT molecular complexity index is 1250. The van der Waals surface area contributed by atoms with Crippen LogP contribution in [0, 0.1) is 11.6 Å². The normalized spacial score (nSPS) is 11.0. The van der Waals surface area contributed by atoms with Gasteiger partial charge in [-0.2, -0.15) is 5.10 Å². The van der Waals surface area contributed by atoms with E-state index in [0.29, 0.717) is 10.9 Å². The average Bonchev–Trinajstić information content (AvgIpc) is 3.17. The van der Waals surface area contributed by atoms with Crippen molar-refractivity contribution in [3.05, 3.63) is 53.2 Å². The number of aromatic nitrogens is 5. The van der Waals surface area contributed by atoms with Crippen LogP contribution in [0.15, 0.2) is 30.7 Å². The lowest BCUT2D eigenvalue weighted by Gasteiger charge is -2.21. The minimum Gasteiger partial charge on any atom is -0.494 e. The zero-order chi connectivity index (χ0) is 22.1. The van der Waals surface area contributed by atoms with E-state index >= 15 is 8.78 Å². The number of nitrogens with two attached hydrogens (primary N) is 1. The molecule has 0 saturated carbocycles. The summed E-state index contributed by atoms with van der Waals surface area (Å²) in [5, 5.41) is 9.03. The molecule has 9 nitrogen and oxygen atoms in total. The Morgan fingerprint density at radius 2 is 1.77 bits per heavy atom. The predicted octanol–water partition coefficient (Wildman–Crippen LogP) is 3.51. The third kappa shape index (κ3) is 3.77. The number of nitrogen functional groups attached to an aromatic ring is 1. The van der Waals surface area contributed by atoms with Crippen LogP contribution in [0.3, 0.4) is 0 Å². The zero-order valence-corrected chi connectivity index (χ0v) is 16.9. The Labute approximate surface area is 175 Å². The topological polar surface area (TPSA) is 115 Å². The Kier molecular flexibility index (Phi) is 5.24. The average molecular weight is 426 g/mol. The summed E-state index contributed by atoms with van der Waals surface area (Å²) in [6.45, 7) is 0.232. The molecule has 2 N–H and O–H groups in total. The van der Waals surface area contributed by atoms with Crippen molar-refractivity contribution in [1.82, 2.24) is 24.7 Å². The lowest BCUT2D eigenvalue weighted by atomic mass is 10.1. The number of aryl methyl sites for hydroxylation is 1. The molecule has 0 unspecified atom stereocenters. The van der Waals surface area contributed by atoms with E-state index in [1.54, 1.807) is 24.1 Å². The summed E-state index contributed by atoms with van der Waals surface area (Å²) >= 11 is 0. The van der Waals surface area contributed by atoms with Gasteiger partial charge in [0.2, 0.25) is 5.95 Å². The lowest BCUT2D eigenvalue weighted by molar-refractivity contribution is 0.359. The van der Waals surface area contributed by atoms with E-state index in [4.69, 9.17) is 15.2 Å². The molecule has 0 aliphatic heterocycles. The minimum absolute atomic E-state index is 0.0157. The van der Waals surface area contributed by atoms with Gasteiger partial charge >= 0.3 is 0 Å². The number of ether oxygens (including phenoxy) is 2. The third-order valence-electron chi connectivity index (χ3n) is 4.57. The molecule has 0 spiro atoms. The van der Waals surface area contributed by atoms with Crippen molar-refractivity contribution in [2.24, 2.45) is 7.05 Å². The highest BCUT2D eigenvalue weighted by Crippen LogP contribution is 2.39. The Hall–Kier alpha value is -4.02. The molecule has 0 fully saturated rings. The summed E-state index contributed by atoms with van der Waals surface area (Å²) in [5.74, 6) is -2.01. The standard InChI is InChI=1S/C20H18F2N7O2/c1-29-9-10(7-26-29)6-24-19-18-11(8-25-20(23)28-18)4-12(27-19)15-16(21)13(30-2)5-14(31-3)17(15)22/h4-5,7-9H,6H2,1-3H3,(H2-,23,24,25,27,28)/q-1. The molecule has 4 rings (SSSR count). The van der Waals surface area contributed by atoms with Crippen molar-refractivity contribution in [2.75, 3.05) is 20.0 Å². The van der Waals surface area contributed by atoms with Gasteiger partial charge in [0, 0.05) is 30.9 Å². The SMILES string of the molecule is COc1cc(OC)c(F)c(-c2cc3cnc(N)nc3c([N-]Cc3cnn(C)c3)n2)c1F. The number of nitrogens with zero attached hydrogens (tertiary/aromatic N) is 6. The molecule has 31 heavy (non-hydrogen) atoms. The summed E-state index contributed by atoms with van der Waals surface area (Å²) in [6, 6.07) is 2.59. The maximum atomic E-state index is 15.0. The van der Waals surface area contributed by atoms with Gasteiger partial charge in [0.05, 0.1) is 31.5 Å². The highest BCUT2D eigenvalue weighted by Gasteiger charge is 2.21. The van der Waals surface area contributed by atoms with Crippen LogP contribution in [0.2, 0.25) is 0 Å². The molecule has 0 amide bonds. The second-order valence-corrected chi connectivity index (χ2v) is 6.62. The first-order valence-corrected chi connectivity index (χ1v) is 9.10. The fraction of sp³-hybridized carbons (Fsp3) is 0.200. The molecule has 0 bridgehead atoms. The molecule has 4 aromatic rings. The van der Waals surface area contributed by atoms with E-state index < -0.39 is 17.2 Å². The summed E-state index contributed by atoms with van der Waals surface area (Å²) < 4.78 is 41.7. The maximum Gasteiger partial charge on any atom is 0.220 e. The van der Waals surface area contributed by atoms with Gasteiger partial charge in [-0.05, 0) is 29.7 Å². The number of hydrogen-bond acceptors (Lipinski definition) is 7. The van der Waals surface area contributed by atoms with Gasteiger partial charge in [-0.15, -0.1) is 0 Å². The van der Waals surface area contributed by atoms with E-state index in [0.717, 1.165) is 11.6 Å². The first-order chi connectivity index (χ1) is 14.9. The van der Waals surface area contributed by atoms with Gasteiger partial charge < -0.3 is 25.5 Å². The molecule has 3 aromatic heterocycles. The fourth-order valence-corrected chi connectivity index (χ4v) is 3.10. The zero-order valence-electron chi connectivity index (χ0n) is 16.9. The van der Waals surface area contributed by atoms with Crippen LogP contribution in [0.1, 0.15) is 5.56 Å². The van der Waals surface area contributed by atoms with E-state index in [9.17, 15) is 0 Å². The smallest absolute Gasteiger partial charge is 0.220 e. The second kappa shape index (κ2) is 8.01. The number of hydrogen-bond donors (Lipinski definition) is 1. The maximum absolute atomic E-state index is 15.0. The van der Waals surface area contributed by atoms with Gasteiger partial charge in [0.15, 0.2) is 23.1 Å². The van der Waals surface area contributed by atoms with Crippen LogP contribution in [-0.2, 0) is 13.6 Å². The Balaban J connectivity index is 1.89. The highest BCUT2D eigenvalue weighted by atomic mass is 19.1. The van der Waals surface area contributed by atoms with E-state index in [2.05, 4.69) is 25.4 Å². The molecular formula is C20H18F2N7O2-. The number of pyridine rings is 1. The van der Waals surface area contributed by atoms with E-state index in [1.807, 2.05) is 0 Å². The van der Waals surface area contributed by atoms with Gasteiger partial charge in [-0.1, -0.05) is 0 Å². The molecule has 0 atom stereocenters. The molecule has 11 heteroatoms. The molecular weight excluding hydrogens is 408 g/mol. The van der Waals surface area contributed by atoms with Crippen LogP contribution < -0.4 is 15.2 Å². The summed E-state index contributed by atoms with van der Waals surface area (Å²) in [6.07, 6.45) is 4.90. The number of methoxy groups -OCH3 is 2. The summed E-state index contributed by atoms with van der Waals surface area (Å²) in [7, 11) is 4.34. The van der Waals surface area contributed by atoms with Crippen LogP contribution in [0.25, 0.3) is 27.5 Å². The molecule has 1 aromatic carbocycles. The fourth-order valence-electron chi connectivity index (χ4n) is 3.10. The molecule has 0 aliphatic carbocycles. The van der Waals surface area contributed by atoms with Crippen molar-refractivity contribution in [3.63, 3.8) is 0 Å². The van der Waals surface area contributed by atoms with E-state index in [1.165, 1.54) is 26.5 Å². The van der Waals surface area contributed by atoms with Crippen LogP contribution in [0.4, 0.5) is 20.5 Å². The van der Waals surface area contributed by atoms with Crippen molar-refractivity contribution in [1.29, 1.82) is 0 Å². The number of fused-ring (bicyclic) bond motifs is 1. The first-order valence-electron chi connectivity index (χ1n) is 9.10. The molecule has 3 heterocycles. The quantitative estimate of drug-likeness (QED) is 0.502. The van der Waals surface area contributed by atoms with Crippen molar-refractivity contribution >= 4 is 22.7 Å². The Morgan fingerprint density at radius 1 is 1.06 bits per heavy atom. The van der Waals surface area contributed by atoms with Crippen LogP contribution >= 0.6 is 0 Å². The molecule has 160 valence electrons. The molecule has 0 saturated heterocycles. The van der Waals surface area contributed by atoms with Crippen molar-refractivity contribution in [2.45, 2.75) is 6.54 Å². The van der Waals surface area contributed by atoms with E-state index in [-0.39, 0.29) is 35.5 Å². The van der Waals surface area contributed by atoms with Gasteiger partial charge in [0.25, 0.3) is 0 Å². The number of rotatable bonds is 6. The number of benzene rings is 1. The number of anilines is 1. The first kappa shape index (κ1) is 20.3. The van der Waals surface area contributed by atoms with Gasteiger partial charge in [0.1, 0.15) is 0 Å². The predicted molar refractivity (Wildman–Crippen MR) is 110 cm³/mol. The lowest BCUT2D eigenvalue weighted by Crippen LogP contribution is -2.02. The number of halogens is 2.